The quantitative estimate of drug-likeness (QED) is 0.873. The van der Waals surface area contributed by atoms with Crippen LogP contribution in [0.5, 0.6) is 0 Å². The molecule has 2 aromatic rings. The van der Waals surface area contributed by atoms with E-state index in [0.717, 1.165) is 0 Å². The summed E-state index contributed by atoms with van der Waals surface area (Å²) in [6.07, 6.45) is 0. The first-order valence-electron chi connectivity index (χ1n) is 5.89. The third-order valence-corrected chi connectivity index (χ3v) is 2.85. The lowest BCUT2D eigenvalue weighted by Crippen LogP contribution is -2.16. The second-order valence-corrected chi connectivity index (χ2v) is 5.38. The van der Waals surface area contributed by atoms with Crippen LogP contribution in [-0.2, 0) is 5.41 Å². The van der Waals surface area contributed by atoms with E-state index in [1.165, 1.54) is 24.3 Å². The maximum absolute atomic E-state index is 12.9. The SMILES string of the molecule is CC(C)(C)c1[nH]nc(-c2ccc(F)cc2)c1C(=O)O. The van der Waals surface area contributed by atoms with E-state index in [0.29, 0.717) is 17.0 Å². The zero-order valence-electron chi connectivity index (χ0n) is 11.0. The Bertz CT molecular complexity index is 609. The molecule has 0 aliphatic carbocycles. The summed E-state index contributed by atoms with van der Waals surface area (Å²) in [6, 6.07) is 5.60. The van der Waals surface area contributed by atoms with E-state index in [1.807, 2.05) is 20.8 Å². The van der Waals surface area contributed by atoms with Crippen LogP contribution in [0.15, 0.2) is 24.3 Å². The van der Waals surface area contributed by atoms with E-state index in [1.54, 1.807) is 0 Å². The van der Waals surface area contributed by atoms with Gasteiger partial charge in [0.05, 0.1) is 5.69 Å². The van der Waals surface area contributed by atoms with Crippen LogP contribution in [0.4, 0.5) is 4.39 Å². The smallest absolute Gasteiger partial charge is 0.339 e. The second kappa shape index (κ2) is 4.50. The molecule has 1 heterocycles. The third kappa shape index (κ3) is 2.50. The van der Waals surface area contributed by atoms with Gasteiger partial charge in [-0.25, -0.2) is 9.18 Å². The Morgan fingerprint density at radius 2 is 1.84 bits per heavy atom. The maximum Gasteiger partial charge on any atom is 0.339 e. The summed E-state index contributed by atoms with van der Waals surface area (Å²) in [5.74, 6) is -1.41. The molecule has 2 rings (SSSR count). The number of benzene rings is 1. The minimum atomic E-state index is -1.04. The topological polar surface area (TPSA) is 66.0 Å². The largest absolute Gasteiger partial charge is 0.478 e. The van der Waals surface area contributed by atoms with Crippen molar-refractivity contribution in [2.75, 3.05) is 0 Å². The van der Waals surface area contributed by atoms with Gasteiger partial charge in [-0.05, 0) is 24.3 Å². The predicted octanol–water partition coefficient (Wildman–Crippen LogP) is 3.21. The van der Waals surface area contributed by atoms with Crippen molar-refractivity contribution in [3.8, 4) is 11.3 Å². The van der Waals surface area contributed by atoms with Gasteiger partial charge in [-0.1, -0.05) is 20.8 Å². The molecule has 0 saturated carbocycles. The fourth-order valence-electron chi connectivity index (χ4n) is 1.91. The first kappa shape index (κ1) is 13.3. The molecule has 0 radical (unpaired) electrons. The van der Waals surface area contributed by atoms with Gasteiger partial charge in [0.15, 0.2) is 0 Å². The third-order valence-electron chi connectivity index (χ3n) is 2.85. The van der Waals surface area contributed by atoms with E-state index in [4.69, 9.17) is 0 Å². The number of rotatable bonds is 2. The van der Waals surface area contributed by atoms with E-state index in [2.05, 4.69) is 10.2 Å². The number of aromatic amines is 1. The molecule has 0 aliphatic heterocycles. The lowest BCUT2D eigenvalue weighted by Gasteiger charge is -2.17. The summed E-state index contributed by atoms with van der Waals surface area (Å²) >= 11 is 0. The molecule has 0 amide bonds. The molecule has 1 aromatic heterocycles. The van der Waals surface area contributed by atoms with Crippen molar-refractivity contribution in [3.63, 3.8) is 0 Å². The number of nitrogens with one attached hydrogen (secondary N) is 1. The Labute approximate surface area is 110 Å². The van der Waals surface area contributed by atoms with Crippen molar-refractivity contribution in [3.05, 3.63) is 41.3 Å². The van der Waals surface area contributed by atoms with Crippen LogP contribution >= 0.6 is 0 Å². The number of aromatic nitrogens is 2. The van der Waals surface area contributed by atoms with E-state index in [9.17, 15) is 14.3 Å². The van der Waals surface area contributed by atoms with Crippen molar-refractivity contribution < 1.29 is 14.3 Å². The number of carbonyl (C=O) groups is 1. The van der Waals surface area contributed by atoms with Gasteiger partial charge in [-0.3, -0.25) is 5.10 Å². The molecular formula is C14H15FN2O2. The van der Waals surface area contributed by atoms with E-state index >= 15 is 0 Å². The van der Waals surface area contributed by atoms with Crippen LogP contribution in [-0.4, -0.2) is 21.3 Å². The molecule has 0 unspecified atom stereocenters. The number of hydrogen-bond donors (Lipinski definition) is 2. The van der Waals surface area contributed by atoms with Crippen LogP contribution < -0.4 is 0 Å². The molecular weight excluding hydrogens is 247 g/mol. The average Bonchev–Trinajstić information content (AvgIpc) is 2.74. The Hall–Kier alpha value is -2.17. The van der Waals surface area contributed by atoms with Gasteiger partial charge < -0.3 is 5.11 Å². The highest BCUT2D eigenvalue weighted by molar-refractivity contribution is 5.96. The maximum atomic E-state index is 12.9. The highest BCUT2D eigenvalue weighted by atomic mass is 19.1. The number of nitrogens with zero attached hydrogens (tertiary/aromatic N) is 1. The van der Waals surface area contributed by atoms with Crippen LogP contribution in [0, 0.1) is 5.82 Å². The monoisotopic (exact) mass is 262 g/mol. The number of aromatic carboxylic acids is 1. The zero-order chi connectivity index (χ0) is 14.2. The standard InChI is InChI=1S/C14H15FN2O2/c1-14(2,3)12-10(13(18)19)11(16-17-12)8-4-6-9(15)7-5-8/h4-7H,1-3H3,(H,16,17)(H,18,19). The molecule has 0 fully saturated rings. The number of carboxylic acids is 1. The van der Waals surface area contributed by atoms with Crippen molar-refractivity contribution in [1.82, 2.24) is 10.2 Å². The fraction of sp³-hybridized carbons (Fsp3) is 0.286. The summed E-state index contributed by atoms with van der Waals surface area (Å²) in [4.78, 5) is 11.5. The van der Waals surface area contributed by atoms with Gasteiger partial charge in [0.25, 0.3) is 0 Å². The van der Waals surface area contributed by atoms with Crippen molar-refractivity contribution in [2.45, 2.75) is 26.2 Å². The van der Waals surface area contributed by atoms with Gasteiger partial charge in [-0.2, -0.15) is 5.10 Å². The zero-order valence-corrected chi connectivity index (χ0v) is 11.0. The lowest BCUT2D eigenvalue weighted by atomic mass is 9.88. The molecule has 19 heavy (non-hydrogen) atoms. The number of H-pyrrole nitrogens is 1. The Kier molecular flexibility index (Phi) is 3.14. The minimum Gasteiger partial charge on any atom is -0.478 e. The molecule has 0 atom stereocenters. The Morgan fingerprint density at radius 1 is 1.26 bits per heavy atom. The van der Waals surface area contributed by atoms with E-state index in [-0.39, 0.29) is 16.8 Å². The van der Waals surface area contributed by atoms with Crippen LogP contribution in [0.1, 0.15) is 36.8 Å². The molecule has 0 spiro atoms. The van der Waals surface area contributed by atoms with E-state index < -0.39 is 5.97 Å². The Morgan fingerprint density at radius 3 is 2.32 bits per heavy atom. The second-order valence-electron chi connectivity index (χ2n) is 5.38. The summed E-state index contributed by atoms with van der Waals surface area (Å²) in [5, 5.41) is 16.2. The van der Waals surface area contributed by atoms with Crippen LogP contribution in [0.3, 0.4) is 0 Å². The average molecular weight is 262 g/mol. The normalized spacial score (nSPS) is 11.6. The van der Waals surface area contributed by atoms with Gasteiger partial charge in [0.1, 0.15) is 17.1 Å². The summed E-state index contributed by atoms with van der Waals surface area (Å²) in [5.41, 5.74) is 1.24. The lowest BCUT2D eigenvalue weighted by molar-refractivity contribution is 0.0695. The molecule has 1 aromatic carbocycles. The molecule has 100 valence electrons. The first-order chi connectivity index (χ1) is 8.80. The summed E-state index contributed by atoms with van der Waals surface area (Å²) < 4.78 is 12.9. The highest BCUT2D eigenvalue weighted by Crippen LogP contribution is 2.31. The Balaban J connectivity index is 2.62. The molecule has 0 saturated heterocycles. The molecule has 0 aliphatic rings. The van der Waals surface area contributed by atoms with Gasteiger partial charge in [0, 0.05) is 11.0 Å². The predicted molar refractivity (Wildman–Crippen MR) is 69.6 cm³/mol. The number of halogens is 1. The minimum absolute atomic E-state index is 0.138. The number of hydrogen-bond acceptors (Lipinski definition) is 2. The van der Waals surface area contributed by atoms with Crippen LogP contribution in [0.2, 0.25) is 0 Å². The van der Waals surface area contributed by atoms with Crippen molar-refractivity contribution in [1.29, 1.82) is 0 Å². The van der Waals surface area contributed by atoms with Gasteiger partial charge in [-0.15, -0.1) is 0 Å². The first-order valence-corrected chi connectivity index (χ1v) is 5.89. The summed E-state index contributed by atoms with van der Waals surface area (Å²) in [6.45, 7) is 5.71. The summed E-state index contributed by atoms with van der Waals surface area (Å²) in [7, 11) is 0. The van der Waals surface area contributed by atoms with Crippen LogP contribution in [0.25, 0.3) is 11.3 Å². The highest BCUT2D eigenvalue weighted by Gasteiger charge is 2.28. The number of carboxylic acid groups (broad SMARTS) is 1. The molecule has 0 bridgehead atoms. The van der Waals surface area contributed by atoms with Gasteiger partial charge in [0.2, 0.25) is 0 Å². The molecule has 4 nitrogen and oxygen atoms in total. The van der Waals surface area contributed by atoms with Crippen molar-refractivity contribution in [2.24, 2.45) is 0 Å². The van der Waals surface area contributed by atoms with Gasteiger partial charge >= 0.3 is 5.97 Å². The molecule has 5 heteroatoms. The van der Waals surface area contributed by atoms with Crippen molar-refractivity contribution >= 4 is 5.97 Å². The molecule has 2 N–H and O–H groups in total. The fourth-order valence-corrected chi connectivity index (χ4v) is 1.91.